The summed E-state index contributed by atoms with van der Waals surface area (Å²) in [5, 5.41) is 10.7. The molecule has 0 amide bonds. The molecule has 0 spiro atoms. The van der Waals surface area contributed by atoms with E-state index in [0.717, 1.165) is 5.56 Å². The topological polar surface area (TPSA) is 69.4 Å². The lowest BCUT2D eigenvalue weighted by molar-refractivity contribution is -0.384. The molecule has 0 aromatic heterocycles. The van der Waals surface area contributed by atoms with E-state index in [-0.39, 0.29) is 5.69 Å². The second-order valence-electron chi connectivity index (χ2n) is 4.22. The van der Waals surface area contributed by atoms with Crippen molar-refractivity contribution in [1.82, 2.24) is 0 Å². The van der Waals surface area contributed by atoms with Gasteiger partial charge >= 0.3 is 5.97 Å². The zero-order chi connectivity index (χ0) is 14.5. The Kier molecular flexibility index (Phi) is 4.10. The van der Waals surface area contributed by atoms with E-state index in [1.54, 1.807) is 12.1 Å². The third kappa shape index (κ3) is 2.83. The second-order valence-corrected chi connectivity index (χ2v) is 4.22. The molecular formula is C15H13NO4. The molecule has 0 saturated heterocycles. The Bertz CT molecular complexity index is 608. The Morgan fingerprint density at radius 3 is 2.10 bits per heavy atom. The number of nitro groups is 1. The smallest absolute Gasteiger partial charge is 0.317 e. The summed E-state index contributed by atoms with van der Waals surface area (Å²) < 4.78 is 4.83. The first-order chi connectivity index (χ1) is 9.63. The summed E-state index contributed by atoms with van der Waals surface area (Å²) >= 11 is 0. The van der Waals surface area contributed by atoms with Crippen LogP contribution in [0.4, 0.5) is 5.69 Å². The van der Waals surface area contributed by atoms with Crippen LogP contribution in [0.5, 0.6) is 0 Å². The zero-order valence-corrected chi connectivity index (χ0v) is 10.9. The Labute approximate surface area is 116 Å². The number of ether oxygens (including phenoxy) is 1. The fraction of sp³-hybridized carbons (Fsp3) is 0.133. The SMILES string of the molecule is COC(=O)[C@H](c1ccccc1)c1ccc([N+](=O)[O-])cc1. The normalized spacial score (nSPS) is 11.7. The first-order valence-corrected chi connectivity index (χ1v) is 6.00. The molecule has 2 aromatic rings. The Morgan fingerprint density at radius 1 is 1.05 bits per heavy atom. The minimum atomic E-state index is -0.581. The first-order valence-electron chi connectivity index (χ1n) is 6.00. The number of benzene rings is 2. The van der Waals surface area contributed by atoms with Gasteiger partial charge in [-0.05, 0) is 11.1 Å². The van der Waals surface area contributed by atoms with E-state index in [1.165, 1.54) is 19.2 Å². The average molecular weight is 271 g/mol. The predicted molar refractivity (Wildman–Crippen MR) is 73.4 cm³/mol. The standard InChI is InChI=1S/C15H13NO4/c1-20-15(17)14(11-5-3-2-4-6-11)12-7-9-13(10-8-12)16(18)19/h2-10,14H,1H3/t14-/m1/s1. The molecule has 0 bridgehead atoms. The van der Waals surface area contributed by atoms with Crippen molar-refractivity contribution in [2.75, 3.05) is 7.11 Å². The number of esters is 1. The fourth-order valence-electron chi connectivity index (χ4n) is 2.02. The zero-order valence-electron chi connectivity index (χ0n) is 10.9. The largest absolute Gasteiger partial charge is 0.468 e. The highest BCUT2D eigenvalue weighted by Gasteiger charge is 2.23. The van der Waals surface area contributed by atoms with Gasteiger partial charge in [0, 0.05) is 12.1 Å². The van der Waals surface area contributed by atoms with Crippen molar-refractivity contribution in [2.45, 2.75) is 5.92 Å². The van der Waals surface area contributed by atoms with Crippen molar-refractivity contribution in [3.8, 4) is 0 Å². The van der Waals surface area contributed by atoms with Crippen LogP contribution >= 0.6 is 0 Å². The van der Waals surface area contributed by atoms with E-state index >= 15 is 0 Å². The Hall–Kier alpha value is -2.69. The summed E-state index contributed by atoms with van der Waals surface area (Å²) in [6.45, 7) is 0. The van der Waals surface area contributed by atoms with Gasteiger partial charge in [0.25, 0.3) is 5.69 Å². The highest BCUT2D eigenvalue weighted by atomic mass is 16.6. The lowest BCUT2D eigenvalue weighted by atomic mass is 9.91. The van der Waals surface area contributed by atoms with Crippen LogP contribution in [0.15, 0.2) is 54.6 Å². The van der Waals surface area contributed by atoms with Gasteiger partial charge in [0.1, 0.15) is 5.92 Å². The number of carbonyl (C=O) groups excluding carboxylic acids is 1. The van der Waals surface area contributed by atoms with Crippen molar-refractivity contribution in [3.63, 3.8) is 0 Å². The van der Waals surface area contributed by atoms with Gasteiger partial charge in [-0.15, -0.1) is 0 Å². The van der Waals surface area contributed by atoms with E-state index < -0.39 is 16.8 Å². The molecule has 2 aromatic carbocycles. The van der Waals surface area contributed by atoms with Gasteiger partial charge in [0.15, 0.2) is 0 Å². The number of methoxy groups -OCH3 is 1. The highest BCUT2D eigenvalue weighted by Crippen LogP contribution is 2.27. The van der Waals surface area contributed by atoms with Crippen LogP contribution in [-0.4, -0.2) is 18.0 Å². The molecule has 20 heavy (non-hydrogen) atoms. The van der Waals surface area contributed by atoms with Crippen molar-refractivity contribution in [3.05, 3.63) is 75.8 Å². The number of carbonyl (C=O) groups is 1. The van der Waals surface area contributed by atoms with E-state index in [1.807, 2.05) is 30.3 Å². The number of hydrogen-bond donors (Lipinski definition) is 0. The van der Waals surface area contributed by atoms with Crippen LogP contribution in [-0.2, 0) is 9.53 Å². The van der Waals surface area contributed by atoms with Crippen LogP contribution in [0.25, 0.3) is 0 Å². The molecule has 0 aliphatic heterocycles. The van der Waals surface area contributed by atoms with Crippen LogP contribution in [0.2, 0.25) is 0 Å². The minimum absolute atomic E-state index is 0.00886. The maximum absolute atomic E-state index is 12.0. The van der Waals surface area contributed by atoms with Gasteiger partial charge in [-0.1, -0.05) is 42.5 Å². The third-order valence-electron chi connectivity index (χ3n) is 3.01. The average Bonchev–Trinajstić information content (AvgIpc) is 2.49. The van der Waals surface area contributed by atoms with E-state index in [9.17, 15) is 14.9 Å². The summed E-state index contributed by atoms with van der Waals surface area (Å²) in [7, 11) is 1.32. The monoisotopic (exact) mass is 271 g/mol. The molecule has 0 aliphatic carbocycles. The molecule has 0 heterocycles. The van der Waals surface area contributed by atoms with Gasteiger partial charge < -0.3 is 4.74 Å². The Balaban J connectivity index is 2.42. The van der Waals surface area contributed by atoms with Gasteiger partial charge in [-0.25, -0.2) is 0 Å². The van der Waals surface area contributed by atoms with Crippen molar-refractivity contribution >= 4 is 11.7 Å². The maximum Gasteiger partial charge on any atom is 0.317 e. The van der Waals surface area contributed by atoms with Crippen molar-refractivity contribution in [1.29, 1.82) is 0 Å². The molecule has 0 N–H and O–H groups in total. The number of nitro benzene ring substituents is 1. The number of nitrogens with zero attached hydrogens (tertiary/aromatic N) is 1. The number of rotatable bonds is 4. The molecular weight excluding hydrogens is 258 g/mol. The molecule has 0 aliphatic rings. The molecule has 0 saturated carbocycles. The Morgan fingerprint density at radius 2 is 1.60 bits per heavy atom. The quantitative estimate of drug-likeness (QED) is 0.487. The van der Waals surface area contributed by atoms with Gasteiger partial charge in [-0.2, -0.15) is 0 Å². The highest BCUT2D eigenvalue weighted by molar-refractivity contribution is 5.82. The second kappa shape index (κ2) is 5.97. The summed E-state index contributed by atoms with van der Waals surface area (Å²) in [6, 6.07) is 15.1. The summed E-state index contributed by atoms with van der Waals surface area (Å²) in [4.78, 5) is 22.2. The van der Waals surface area contributed by atoms with Gasteiger partial charge in [-0.3, -0.25) is 14.9 Å². The molecule has 0 fully saturated rings. The lowest BCUT2D eigenvalue weighted by Gasteiger charge is -2.15. The van der Waals surface area contributed by atoms with Crippen molar-refractivity contribution < 1.29 is 14.5 Å². The molecule has 102 valence electrons. The van der Waals surface area contributed by atoms with E-state index in [4.69, 9.17) is 4.74 Å². The summed E-state index contributed by atoms with van der Waals surface area (Å²) in [5.74, 6) is -0.980. The van der Waals surface area contributed by atoms with Crippen LogP contribution in [0.3, 0.4) is 0 Å². The van der Waals surface area contributed by atoms with E-state index in [0.29, 0.717) is 5.56 Å². The third-order valence-corrected chi connectivity index (χ3v) is 3.01. The molecule has 0 unspecified atom stereocenters. The van der Waals surface area contributed by atoms with Crippen molar-refractivity contribution in [2.24, 2.45) is 0 Å². The van der Waals surface area contributed by atoms with Gasteiger partial charge in [0.05, 0.1) is 12.0 Å². The maximum atomic E-state index is 12.0. The molecule has 2 rings (SSSR count). The van der Waals surface area contributed by atoms with Crippen LogP contribution in [0, 0.1) is 10.1 Å². The minimum Gasteiger partial charge on any atom is -0.468 e. The fourth-order valence-corrected chi connectivity index (χ4v) is 2.02. The van der Waals surface area contributed by atoms with Gasteiger partial charge in [0.2, 0.25) is 0 Å². The van der Waals surface area contributed by atoms with E-state index in [2.05, 4.69) is 0 Å². The molecule has 0 radical (unpaired) electrons. The predicted octanol–water partition coefficient (Wildman–Crippen LogP) is 2.90. The lowest BCUT2D eigenvalue weighted by Crippen LogP contribution is -2.15. The van der Waals surface area contributed by atoms with Crippen LogP contribution < -0.4 is 0 Å². The number of non-ortho nitro benzene ring substituents is 1. The molecule has 1 atom stereocenters. The van der Waals surface area contributed by atoms with Crippen LogP contribution in [0.1, 0.15) is 17.0 Å². The molecule has 5 nitrogen and oxygen atoms in total. The summed E-state index contributed by atoms with van der Waals surface area (Å²) in [6.07, 6.45) is 0. The number of hydrogen-bond acceptors (Lipinski definition) is 4. The summed E-state index contributed by atoms with van der Waals surface area (Å²) in [5.41, 5.74) is 1.44. The molecule has 5 heteroatoms. The first kappa shape index (κ1) is 13.7.